The van der Waals surface area contributed by atoms with Crippen molar-refractivity contribution in [2.75, 3.05) is 11.9 Å². The Morgan fingerprint density at radius 3 is 2.48 bits per heavy atom. The Hall–Kier alpha value is -4.16. The maximum absolute atomic E-state index is 13.0. The number of amides is 1. The lowest BCUT2D eigenvalue weighted by atomic mass is 9.99. The number of hydrogen-bond acceptors (Lipinski definition) is 5. The number of rotatable bonds is 5. The monoisotopic (exact) mass is 456 g/mol. The summed E-state index contributed by atoms with van der Waals surface area (Å²) in [5, 5.41) is 4.50. The molecule has 1 aromatic heterocycles. The molecule has 4 aromatic carbocycles. The van der Waals surface area contributed by atoms with E-state index in [0.29, 0.717) is 38.7 Å². The number of anilines is 1. The summed E-state index contributed by atoms with van der Waals surface area (Å²) in [5.74, 6) is -0.715. The van der Waals surface area contributed by atoms with Crippen molar-refractivity contribution in [3.8, 4) is 11.5 Å². The van der Waals surface area contributed by atoms with Gasteiger partial charge in [0, 0.05) is 10.9 Å². The smallest absolute Gasteiger partial charge is 0.339 e. The van der Waals surface area contributed by atoms with Gasteiger partial charge < -0.3 is 14.5 Å². The predicted octanol–water partition coefficient (Wildman–Crippen LogP) is 6.10. The van der Waals surface area contributed by atoms with E-state index >= 15 is 0 Å². The van der Waals surface area contributed by atoms with E-state index in [0.717, 1.165) is 10.9 Å². The fourth-order valence-electron chi connectivity index (χ4n) is 3.63. The van der Waals surface area contributed by atoms with Gasteiger partial charge in [-0.2, -0.15) is 0 Å². The average molecular weight is 457 g/mol. The normalized spacial score (nSPS) is 10.9. The van der Waals surface area contributed by atoms with Crippen LogP contribution >= 0.6 is 11.6 Å². The summed E-state index contributed by atoms with van der Waals surface area (Å²) < 4.78 is 11.2. The molecule has 5 aromatic rings. The number of para-hydroxylation sites is 3. The fourth-order valence-corrected chi connectivity index (χ4v) is 3.82. The van der Waals surface area contributed by atoms with Crippen molar-refractivity contribution in [2.45, 2.75) is 0 Å². The maximum Gasteiger partial charge on any atom is 0.339 e. The number of nitrogens with one attached hydrogen (secondary N) is 1. The number of halogens is 1. The van der Waals surface area contributed by atoms with Crippen molar-refractivity contribution in [1.82, 2.24) is 4.98 Å². The average Bonchev–Trinajstić information content (AvgIpc) is 3.27. The Bertz CT molecular complexity index is 1470. The van der Waals surface area contributed by atoms with Crippen molar-refractivity contribution in [3.05, 3.63) is 95.5 Å². The van der Waals surface area contributed by atoms with Crippen LogP contribution in [0.15, 0.2) is 89.3 Å². The molecule has 6 nitrogen and oxygen atoms in total. The van der Waals surface area contributed by atoms with Gasteiger partial charge >= 0.3 is 5.97 Å². The van der Waals surface area contributed by atoms with E-state index in [4.69, 9.17) is 20.8 Å². The van der Waals surface area contributed by atoms with Crippen molar-refractivity contribution in [1.29, 1.82) is 0 Å². The molecule has 0 saturated carbocycles. The van der Waals surface area contributed by atoms with Gasteiger partial charge in [0.25, 0.3) is 5.91 Å². The van der Waals surface area contributed by atoms with Gasteiger partial charge in [-0.05, 0) is 41.8 Å². The van der Waals surface area contributed by atoms with E-state index in [-0.39, 0.29) is 0 Å². The van der Waals surface area contributed by atoms with Crippen molar-refractivity contribution < 1.29 is 18.7 Å². The molecule has 0 aliphatic heterocycles. The highest BCUT2D eigenvalue weighted by Crippen LogP contribution is 2.33. The Morgan fingerprint density at radius 1 is 0.909 bits per heavy atom. The summed E-state index contributed by atoms with van der Waals surface area (Å²) in [6.45, 7) is -0.453. The number of carbonyl (C=O) groups excluding carboxylic acids is 2. The lowest BCUT2D eigenvalue weighted by Gasteiger charge is -2.11. The summed E-state index contributed by atoms with van der Waals surface area (Å²) in [7, 11) is 0. The first kappa shape index (κ1) is 20.7. The SMILES string of the molecule is O=C(COC(=O)c1cccc2cccc(-c3nc4ccccc4o3)c12)Nc1ccccc1Cl. The zero-order valence-corrected chi connectivity index (χ0v) is 18.0. The van der Waals surface area contributed by atoms with E-state index < -0.39 is 18.5 Å². The van der Waals surface area contributed by atoms with Crippen LogP contribution in [0.2, 0.25) is 5.02 Å². The van der Waals surface area contributed by atoms with E-state index in [2.05, 4.69) is 10.3 Å². The van der Waals surface area contributed by atoms with E-state index in [9.17, 15) is 9.59 Å². The molecule has 1 amide bonds. The number of nitrogens with zero attached hydrogens (tertiary/aromatic N) is 1. The number of ether oxygens (including phenoxy) is 1. The van der Waals surface area contributed by atoms with Crippen LogP contribution in [0.25, 0.3) is 33.3 Å². The lowest BCUT2D eigenvalue weighted by molar-refractivity contribution is -0.119. The van der Waals surface area contributed by atoms with Crippen LogP contribution in [0.5, 0.6) is 0 Å². The van der Waals surface area contributed by atoms with E-state index in [1.54, 1.807) is 36.4 Å². The molecule has 1 heterocycles. The molecule has 0 bridgehead atoms. The summed E-state index contributed by atoms with van der Waals surface area (Å²) in [6, 6.07) is 25.2. The van der Waals surface area contributed by atoms with Gasteiger partial charge in [0.15, 0.2) is 12.2 Å². The molecule has 7 heteroatoms. The largest absolute Gasteiger partial charge is 0.452 e. The third kappa shape index (κ3) is 4.16. The van der Waals surface area contributed by atoms with Gasteiger partial charge in [-0.25, -0.2) is 9.78 Å². The van der Waals surface area contributed by atoms with Crippen LogP contribution in [0.3, 0.4) is 0 Å². The zero-order valence-electron chi connectivity index (χ0n) is 17.2. The van der Waals surface area contributed by atoms with Gasteiger partial charge in [0.1, 0.15) is 5.52 Å². The summed E-state index contributed by atoms with van der Waals surface area (Å²) >= 11 is 6.06. The highest BCUT2D eigenvalue weighted by atomic mass is 35.5. The van der Waals surface area contributed by atoms with Crippen LogP contribution in [0.4, 0.5) is 5.69 Å². The zero-order chi connectivity index (χ0) is 22.8. The summed E-state index contributed by atoms with van der Waals surface area (Å²) in [6.07, 6.45) is 0. The van der Waals surface area contributed by atoms with Crippen molar-refractivity contribution >= 4 is 51.0 Å². The van der Waals surface area contributed by atoms with E-state index in [1.807, 2.05) is 48.5 Å². The number of aromatic nitrogens is 1. The minimum absolute atomic E-state index is 0.316. The molecule has 0 saturated heterocycles. The fraction of sp³-hybridized carbons (Fsp3) is 0.0385. The first-order chi connectivity index (χ1) is 16.1. The first-order valence-corrected chi connectivity index (χ1v) is 10.6. The van der Waals surface area contributed by atoms with Gasteiger partial charge in [0.05, 0.1) is 16.3 Å². The highest BCUT2D eigenvalue weighted by molar-refractivity contribution is 6.33. The Morgan fingerprint density at radius 2 is 1.67 bits per heavy atom. The molecular formula is C26H17ClN2O4. The molecule has 33 heavy (non-hydrogen) atoms. The number of carbonyl (C=O) groups is 2. The summed E-state index contributed by atoms with van der Waals surface area (Å²) in [5.41, 5.74) is 2.80. The van der Waals surface area contributed by atoms with Gasteiger partial charge in [-0.1, -0.05) is 60.1 Å². The van der Waals surface area contributed by atoms with E-state index in [1.165, 1.54) is 0 Å². The van der Waals surface area contributed by atoms with Crippen LogP contribution in [-0.4, -0.2) is 23.5 Å². The minimum atomic E-state index is -0.626. The third-order valence-electron chi connectivity index (χ3n) is 5.13. The number of esters is 1. The van der Waals surface area contributed by atoms with Crippen molar-refractivity contribution in [3.63, 3.8) is 0 Å². The van der Waals surface area contributed by atoms with Crippen LogP contribution in [0, 0.1) is 0 Å². The van der Waals surface area contributed by atoms with Gasteiger partial charge in [-0.15, -0.1) is 0 Å². The molecule has 162 valence electrons. The van der Waals surface area contributed by atoms with Crippen LogP contribution < -0.4 is 5.32 Å². The highest BCUT2D eigenvalue weighted by Gasteiger charge is 2.19. The van der Waals surface area contributed by atoms with Gasteiger partial charge in [-0.3, -0.25) is 4.79 Å². The Labute approximate surface area is 193 Å². The molecule has 0 radical (unpaired) electrons. The minimum Gasteiger partial charge on any atom is -0.452 e. The Kier molecular flexibility index (Phi) is 5.50. The molecule has 5 rings (SSSR count). The molecule has 0 atom stereocenters. The summed E-state index contributed by atoms with van der Waals surface area (Å²) in [4.78, 5) is 29.8. The third-order valence-corrected chi connectivity index (χ3v) is 5.46. The van der Waals surface area contributed by atoms with Crippen molar-refractivity contribution in [2.24, 2.45) is 0 Å². The topological polar surface area (TPSA) is 81.4 Å². The second kappa shape index (κ2) is 8.76. The molecule has 0 aliphatic carbocycles. The first-order valence-electron chi connectivity index (χ1n) is 10.2. The Balaban J connectivity index is 1.44. The molecule has 0 unspecified atom stereocenters. The molecular weight excluding hydrogens is 440 g/mol. The van der Waals surface area contributed by atoms with Crippen LogP contribution in [-0.2, 0) is 9.53 Å². The standard InChI is InChI=1S/C26H17ClN2O4/c27-19-11-1-2-12-20(19)28-23(30)15-32-26(31)18-10-6-8-16-7-5-9-17(24(16)18)25-29-21-13-3-4-14-22(21)33-25/h1-14H,15H2,(H,28,30). The molecule has 0 aliphatic rings. The maximum atomic E-state index is 13.0. The molecule has 0 spiro atoms. The second-order valence-corrected chi connectivity index (χ2v) is 7.71. The quantitative estimate of drug-likeness (QED) is 0.323. The lowest BCUT2D eigenvalue weighted by Crippen LogP contribution is -2.21. The number of oxazole rings is 1. The number of benzene rings is 4. The van der Waals surface area contributed by atoms with Gasteiger partial charge in [0.2, 0.25) is 5.89 Å². The van der Waals surface area contributed by atoms with Crippen LogP contribution in [0.1, 0.15) is 10.4 Å². The number of fused-ring (bicyclic) bond motifs is 2. The molecule has 0 fully saturated rings. The second-order valence-electron chi connectivity index (χ2n) is 7.30. The molecule has 1 N–H and O–H groups in total. The number of hydrogen-bond donors (Lipinski definition) is 1. The predicted molar refractivity (Wildman–Crippen MR) is 127 cm³/mol.